The van der Waals surface area contributed by atoms with Crippen molar-refractivity contribution in [3.05, 3.63) is 63.4 Å². The molecule has 3 aromatic rings. The summed E-state index contributed by atoms with van der Waals surface area (Å²) in [6, 6.07) is 13.4. The van der Waals surface area contributed by atoms with Crippen LogP contribution >= 0.6 is 15.9 Å². The molecule has 0 spiro atoms. The summed E-state index contributed by atoms with van der Waals surface area (Å²) in [6.45, 7) is 4.99. The maximum absolute atomic E-state index is 14.3. The van der Waals surface area contributed by atoms with E-state index in [2.05, 4.69) is 15.9 Å². The molecule has 0 bridgehead atoms. The fourth-order valence-electron chi connectivity index (χ4n) is 4.96. The molecule has 15 heteroatoms. The fraction of sp³-hybridized carbons (Fsp3) is 0.367. The van der Waals surface area contributed by atoms with Crippen LogP contribution < -0.4 is 10.6 Å². The van der Waals surface area contributed by atoms with Gasteiger partial charge < -0.3 is 23.7 Å². The highest BCUT2D eigenvalue weighted by Crippen LogP contribution is 2.32. The Morgan fingerprint density at radius 3 is 2.02 bits per heavy atom. The second-order valence-electron chi connectivity index (χ2n) is 10.0. The molecule has 0 N–H and O–H groups in total. The van der Waals surface area contributed by atoms with Gasteiger partial charge in [-0.25, -0.2) is 9.99 Å². The number of esters is 4. The van der Waals surface area contributed by atoms with E-state index >= 15 is 0 Å². The largest absolute Gasteiger partial charge is 0.463 e. The number of halogens is 1. The van der Waals surface area contributed by atoms with E-state index in [1.54, 1.807) is 42.5 Å². The number of hydrogen-bond acceptors (Lipinski definition) is 12. The molecule has 238 valence electrons. The zero-order chi connectivity index (χ0) is 33.0. The van der Waals surface area contributed by atoms with Crippen LogP contribution in [-0.2, 0) is 47.7 Å². The fourth-order valence-corrected chi connectivity index (χ4v) is 5.32. The van der Waals surface area contributed by atoms with Gasteiger partial charge in [0.1, 0.15) is 12.7 Å². The molecule has 1 aliphatic heterocycles. The maximum Gasteiger partial charge on any atom is 0.303 e. The summed E-state index contributed by atoms with van der Waals surface area (Å²) < 4.78 is 29.4. The molecule has 1 fully saturated rings. The minimum atomic E-state index is -1.70. The van der Waals surface area contributed by atoms with Crippen molar-refractivity contribution in [3.8, 4) is 11.4 Å². The molecule has 14 nitrogen and oxygen atoms in total. The molecule has 1 saturated heterocycles. The van der Waals surface area contributed by atoms with Crippen molar-refractivity contribution < 1.29 is 47.7 Å². The van der Waals surface area contributed by atoms with Gasteiger partial charge >= 0.3 is 23.9 Å². The molecule has 2 aromatic carbocycles. The highest BCUT2D eigenvalue weighted by molar-refractivity contribution is 9.10. The molecule has 2 heterocycles. The van der Waals surface area contributed by atoms with E-state index in [0.717, 1.165) is 44.3 Å². The Morgan fingerprint density at radius 1 is 0.844 bits per heavy atom. The second-order valence-corrected chi connectivity index (χ2v) is 10.9. The monoisotopic (exact) mass is 687 g/mol. The number of nitrogens with zero attached hydrogens (tertiary/aromatic N) is 3. The van der Waals surface area contributed by atoms with Gasteiger partial charge in [-0.15, -0.1) is 0 Å². The highest BCUT2D eigenvalue weighted by atomic mass is 79.9. The van der Waals surface area contributed by atoms with Crippen molar-refractivity contribution in [1.82, 2.24) is 9.66 Å². The second kappa shape index (κ2) is 14.0. The molecule has 1 amide bonds. The van der Waals surface area contributed by atoms with Gasteiger partial charge in [-0.2, -0.15) is 4.68 Å². The third-order valence-corrected chi connectivity index (χ3v) is 7.08. The van der Waals surface area contributed by atoms with Crippen LogP contribution in [0.1, 0.15) is 34.6 Å². The molecule has 45 heavy (non-hydrogen) atoms. The van der Waals surface area contributed by atoms with E-state index in [0.29, 0.717) is 15.6 Å². The number of amides is 1. The minimum Gasteiger partial charge on any atom is -0.463 e. The van der Waals surface area contributed by atoms with Gasteiger partial charge in [0, 0.05) is 44.7 Å². The lowest BCUT2D eigenvalue weighted by Crippen LogP contribution is -2.69. The average Bonchev–Trinajstić information content (AvgIpc) is 2.96. The number of fused-ring (bicyclic) bond motifs is 1. The van der Waals surface area contributed by atoms with E-state index in [-0.39, 0.29) is 11.2 Å². The molecular formula is C30H30BrN3O11. The molecule has 0 saturated carbocycles. The third-order valence-electron chi connectivity index (χ3n) is 6.59. The number of rotatable bonds is 8. The van der Waals surface area contributed by atoms with Gasteiger partial charge in [0.25, 0.3) is 5.56 Å². The molecule has 0 aliphatic carbocycles. The number of ether oxygens (including phenoxy) is 5. The van der Waals surface area contributed by atoms with Crippen LogP contribution in [0.5, 0.6) is 0 Å². The van der Waals surface area contributed by atoms with Crippen molar-refractivity contribution in [3.63, 3.8) is 0 Å². The van der Waals surface area contributed by atoms with Crippen molar-refractivity contribution in [1.29, 1.82) is 0 Å². The Morgan fingerprint density at radius 2 is 1.44 bits per heavy atom. The molecular weight excluding hydrogens is 658 g/mol. The van der Waals surface area contributed by atoms with Gasteiger partial charge in [-0.05, 0) is 18.2 Å². The quantitative estimate of drug-likeness (QED) is 0.251. The molecule has 1 aliphatic rings. The zero-order valence-electron chi connectivity index (χ0n) is 24.9. The number of carbonyl (C=O) groups excluding carboxylic acids is 5. The van der Waals surface area contributed by atoms with Crippen LogP contribution in [0.3, 0.4) is 0 Å². The topological polar surface area (TPSA) is 170 Å². The van der Waals surface area contributed by atoms with E-state index in [9.17, 15) is 28.8 Å². The van der Waals surface area contributed by atoms with Crippen LogP contribution in [0.4, 0.5) is 0 Å². The molecule has 4 rings (SSSR count). The van der Waals surface area contributed by atoms with Crippen molar-refractivity contribution in [2.75, 3.05) is 11.6 Å². The summed E-state index contributed by atoms with van der Waals surface area (Å²) in [7, 11) is 0. The summed E-state index contributed by atoms with van der Waals surface area (Å²) in [5.41, 5.74) is 0.0721. The highest BCUT2D eigenvalue weighted by Gasteiger charge is 2.55. The zero-order valence-corrected chi connectivity index (χ0v) is 26.5. The van der Waals surface area contributed by atoms with Crippen molar-refractivity contribution >= 4 is 56.6 Å². The van der Waals surface area contributed by atoms with Crippen LogP contribution in [0.2, 0.25) is 0 Å². The molecule has 1 aromatic heterocycles. The molecule has 5 atom stereocenters. The number of hydrogen-bond donors (Lipinski definition) is 0. The van der Waals surface area contributed by atoms with Crippen LogP contribution in [0.15, 0.2) is 57.8 Å². The predicted molar refractivity (Wildman–Crippen MR) is 160 cm³/mol. The Labute approximate surface area is 265 Å². The lowest BCUT2D eigenvalue weighted by atomic mass is 9.96. The lowest BCUT2D eigenvalue weighted by molar-refractivity contribution is -0.254. The summed E-state index contributed by atoms with van der Waals surface area (Å²) in [5.74, 6) is -3.99. The number of benzene rings is 2. The first-order valence-electron chi connectivity index (χ1n) is 13.7. The lowest BCUT2D eigenvalue weighted by Gasteiger charge is -2.47. The summed E-state index contributed by atoms with van der Waals surface area (Å²) in [6.07, 6.45) is -7.75. The van der Waals surface area contributed by atoms with Gasteiger partial charge in [-0.1, -0.05) is 46.3 Å². The van der Waals surface area contributed by atoms with Gasteiger partial charge in [0.2, 0.25) is 5.91 Å². The van der Waals surface area contributed by atoms with Gasteiger partial charge in [-0.3, -0.25) is 28.8 Å². The standard InChI is InChI=1S/C30H30BrN3O11/c1-15(35)33(34-28(20-9-7-6-8-10-20)32-23-12-11-21(31)13-22(23)29(34)40)30-27(44-19(5)39)26(43-18(4)38)25(42-17(3)37)24(45-30)14-41-16(2)36/h6-13,24-27,30H,14H2,1-5H3/t24-,25+,26+,27-,30-/m1/s1. The molecule has 0 radical (unpaired) electrons. The Hall–Kier alpha value is -4.63. The van der Waals surface area contributed by atoms with Crippen LogP contribution in [0.25, 0.3) is 22.3 Å². The predicted octanol–water partition coefficient (Wildman–Crippen LogP) is 2.39. The van der Waals surface area contributed by atoms with E-state index < -0.39 is 72.6 Å². The summed E-state index contributed by atoms with van der Waals surface area (Å²) in [5, 5.41) is 1.01. The first-order valence-corrected chi connectivity index (χ1v) is 14.5. The van der Waals surface area contributed by atoms with Crippen LogP contribution in [0, 0.1) is 0 Å². The maximum atomic E-state index is 14.3. The number of aromatic nitrogens is 2. The summed E-state index contributed by atoms with van der Waals surface area (Å²) >= 11 is 3.36. The Kier molecular flexibility index (Phi) is 10.3. The van der Waals surface area contributed by atoms with E-state index in [1.807, 2.05) is 0 Å². The smallest absolute Gasteiger partial charge is 0.303 e. The first-order chi connectivity index (χ1) is 21.3. The third kappa shape index (κ3) is 7.54. The van der Waals surface area contributed by atoms with Crippen LogP contribution in [-0.4, -0.2) is 76.7 Å². The summed E-state index contributed by atoms with van der Waals surface area (Å²) in [4.78, 5) is 81.2. The molecule has 0 unspecified atom stereocenters. The average molecular weight is 688 g/mol. The first kappa shape index (κ1) is 33.3. The SMILES string of the molecule is CC(=O)OC[C@H]1O[C@@H](N(C(C)=O)n2c(-c3ccccc3)nc3ccc(Br)cc3c2=O)[C@H](OC(C)=O)[C@@H](OC(C)=O)[C@H]1OC(C)=O. The van der Waals surface area contributed by atoms with Crippen molar-refractivity contribution in [2.45, 2.75) is 65.3 Å². The minimum absolute atomic E-state index is 0.0264. The van der Waals surface area contributed by atoms with E-state index in [4.69, 9.17) is 28.7 Å². The van der Waals surface area contributed by atoms with Crippen molar-refractivity contribution in [2.24, 2.45) is 0 Å². The van der Waals surface area contributed by atoms with Gasteiger partial charge in [0.05, 0.1) is 10.9 Å². The Balaban J connectivity index is 2.02. The van der Waals surface area contributed by atoms with Gasteiger partial charge in [0.15, 0.2) is 30.4 Å². The number of carbonyl (C=O) groups is 5. The Bertz CT molecular complexity index is 1690. The van der Waals surface area contributed by atoms with E-state index in [1.165, 1.54) is 6.07 Å². The normalized spacial score (nSPS) is 21.0.